The number of nitrogens with one attached hydrogen (secondary N) is 1. The van der Waals surface area contributed by atoms with Crippen molar-refractivity contribution >= 4 is 22.4 Å². The quantitative estimate of drug-likeness (QED) is 0.333. The maximum Gasteiger partial charge on any atom is 0.244 e. The lowest BCUT2D eigenvalue weighted by Gasteiger charge is -2.15. The Labute approximate surface area is 199 Å². The molecule has 0 atom stereocenters. The van der Waals surface area contributed by atoms with Gasteiger partial charge in [-0.05, 0) is 67.8 Å². The fourth-order valence-electron chi connectivity index (χ4n) is 3.97. The fourth-order valence-corrected chi connectivity index (χ4v) is 3.97. The molecule has 0 unspecified atom stereocenters. The van der Waals surface area contributed by atoms with Gasteiger partial charge in [0.1, 0.15) is 17.1 Å². The lowest BCUT2D eigenvalue weighted by molar-refractivity contribution is -0.116. The molecule has 34 heavy (non-hydrogen) atoms. The molecule has 4 aromatic rings. The SMILES string of the molecule is CCOc1c(/C(C)=C/C(=O)NCc2ccncc2)cc2c(-c3cccc(OC)c3)coc2c1C. The first kappa shape index (κ1) is 23.1. The van der Waals surface area contributed by atoms with Crippen LogP contribution in [-0.2, 0) is 11.3 Å². The molecule has 0 saturated carbocycles. The highest BCUT2D eigenvalue weighted by Crippen LogP contribution is 2.41. The number of carbonyl (C=O) groups excluding carboxylic acids is 1. The first-order valence-corrected chi connectivity index (χ1v) is 11.2. The Morgan fingerprint density at radius 2 is 1.97 bits per heavy atom. The zero-order valence-corrected chi connectivity index (χ0v) is 19.8. The number of hydrogen-bond acceptors (Lipinski definition) is 5. The summed E-state index contributed by atoms with van der Waals surface area (Å²) < 4.78 is 17.4. The molecule has 0 radical (unpaired) electrons. The summed E-state index contributed by atoms with van der Waals surface area (Å²) >= 11 is 0. The van der Waals surface area contributed by atoms with Gasteiger partial charge in [-0.1, -0.05) is 12.1 Å². The van der Waals surface area contributed by atoms with Gasteiger partial charge in [-0.25, -0.2) is 0 Å². The number of carbonyl (C=O) groups is 1. The number of hydrogen-bond donors (Lipinski definition) is 1. The van der Waals surface area contributed by atoms with E-state index < -0.39 is 0 Å². The van der Waals surface area contributed by atoms with Gasteiger partial charge in [-0.2, -0.15) is 0 Å². The van der Waals surface area contributed by atoms with Gasteiger partial charge in [-0.3, -0.25) is 9.78 Å². The van der Waals surface area contributed by atoms with E-state index in [-0.39, 0.29) is 5.91 Å². The van der Waals surface area contributed by atoms with Crippen LogP contribution in [0.2, 0.25) is 0 Å². The zero-order valence-electron chi connectivity index (χ0n) is 19.8. The van der Waals surface area contributed by atoms with E-state index in [0.717, 1.165) is 55.9 Å². The van der Waals surface area contributed by atoms with E-state index in [1.54, 1.807) is 31.8 Å². The maximum absolute atomic E-state index is 12.7. The van der Waals surface area contributed by atoms with Gasteiger partial charge in [0.25, 0.3) is 0 Å². The summed E-state index contributed by atoms with van der Waals surface area (Å²) in [6, 6.07) is 13.6. The molecule has 2 aromatic heterocycles. The maximum atomic E-state index is 12.7. The van der Waals surface area contributed by atoms with Crippen LogP contribution >= 0.6 is 0 Å². The number of methoxy groups -OCH3 is 1. The topological polar surface area (TPSA) is 73.6 Å². The predicted octanol–water partition coefficient (Wildman–Crippen LogP) is 5.93. The standard InChI is InChI=1S/C28H28N2O4/c1-5-33-27-19(3)28-24(25(17-34-28)21-7-6-8-22(14-21)32-4)15-23(27)18(2)13-26(31)30-16-20-9-11-29-12-10-20/h6-15,17H,5,16H2,1-4H3,(H,30,31)/b18-13+. The number of furan rings is 1. The number of aryl methyl sites for hydroxylation is 1. The van der Waals surface area contributed by atoms with Gasteiger partial charge in [0.2, 0.25) is 5.91 Å². The largest absolute Gasteiger partial charge is 0.497 e. The number of aromatic nitrogens is 1. The summed E-state index contributed by atoms with van der Waals surface area (Å²) in [5.41, 5.74) is 6.26. The van der Waals surface area contributed by atoms with Crippen molar-refractivity contribution in [3.63, 3.8) is 0 Å². The molecule has 4 rings (SSSR count). The number of pyridine rings is 1. The summed E-state index contributed by atoms with van der Waals surface area (Å²) in [5.74, 6) is 1.32. The summed E-state index contributed by atoms with van der Waals surface area (Å²) in [4.78, 5) is 16.7. The summed E-state index contributed by atoms with van der Waals surface area (Å²) in [6.45, 7) is 6.78. The third kappa shape index (κ3) is 4.81. The van der Waals surface area contributed by atoms with Crippen molar-refractivity contribution in [1.29, 1.82) is 0 Å². The summed E-state index contributed by atoms with van der Waals surface area (Å²) in [5, 5.41) is 3.88. The van der Waals surface area contributed by atoms with Crippen LogP contribution in [0.25, 0.3) is 27.7 Å². The van der Waals surface area contributed by atoms with Crippen molar-refractivity contribution < 1.29 is 18.7 Å². The minimum absolute atomic E-state index is 0.172. The van der Waals surface area contributed by atoms with Crippen molar-refractivity contribution in [3.05, 3.63) is 83.9 Å². The van der Waals surface area contributed by atoms with Crippen molar-refractivity contribution in [2.75, 3.05) is 13.7 Å². The van der Waals surface area contributed by atoms with Gasteiger partial charge in [0, 0.05) is 47.1 Å². The Bertz CT molecular complexity index is 1340. The minimum Gasteiger partial charge on any atom is -0.497 e. The molecule has 0 aliphatic rings. The highest BCUT2D eigenvalue weighted by atomic mass is 16.5. The minimum atomic E-state index is -0.172. The molecule has 0 saturated heterocycles. The van der Waals surface area contributed by atoms with Gasteiger partial charge < -0.3 is 19.2 Å². The molecular weight excluding hydrogens is 428 g/mol. The van der Waals surface area contributed by atoms with E-state index >= 15 is 0 Å². The van der Waals surface area contributed by atoms with Gasteiger partial charge >= 0.3 is 0 Å². The molecule has 174 valence electrons. The van der Waals surface area contributed by atoms with Gasteiger partial charge in [0.05, 0.1) is 20.0 Å². The number of ether oxygens (including phenoxy) is 2. The van der Waals surface area contributed by atoms with Crippen LogP contribution in [0.5, 0.6) is 11.5 Å². The molecule has 0 aliphatic carbocycles. The van der Waals surface area contributed by atoms with E-state index in [4.69, 9.17) is 13.9 Å². The van der Waals surface area contributed by atoms with Gasteiger partial charge in [0.15, 0.2) is 0 Å². The van der Waals surface area contributed by atoms with Crippen LogP contribution in [0.15, 0.2) is 71.6 Å². The molecule has 0 fully saturated rings. The Balaban J connectivity index is 1.73. The average molecular weight is 457 g/mol. The molecule has 2 heterocycles. The van der Waals surface area contributed by atoms with Crippen LogP contribution in [0.3, 0.4) is 0 Å². The number of allylic oxidation sites excluding steroid dienone is 1. The van der Waals surface area contributed by atoms with E-state index in [1.165, 1.54) is 0 Å². The van der Waals surface area contributed by atoms with Crippen LogP contribution < -0.4 is 14.8 Å². The molecular formula is C28H28N2O4. The predicted molar refractivity (Wildman–Crippen MR) is 134 cm³/mol. The first-order valence-electron chi connectivity index (χ1n) is 11.2. The summed E-state index contributed by atoms with van der Waals surface area (Å²) in [7, 11) is 1.65. The second-order valence-electron chi connectivity index (χ2n) is 7.97. The Morgan fingerprint density at radius 3 is 2.71 bits per heavy atom. The highest BCUT2D eigenvalue weighted by molar-refractivity contribution is 6.01. The van der Waals surface area contributed by atoms with E-state index in [0.29, 0.717) is 13.2 Å². The van der Waals surface area contributed by atoms with E-state index in [9.17, 15) is 4.79 Å². The van der Waals surface area contributed by atoms with Crippen LogP contribution in [0.4, 0.5) is 0 Å². The number of benzene rings is 2. The van der Waals surface area contributed by atoms with Crippen LogP contribution in [0.1, 0.15) is 30.5 Å². The molecule has 0 bridgehead atoms. The smallest absolute Gasteiger partial charge is 0.244 e. The van der Waals surface area contributed by atoms with Crippen molar-refractivity contribution in [2.24, 2.45) is 0 Å². The molecule has 2 aromatic carbocycles. The number of amides is 1. The lowest BCUT2D eigenvalue weighted by Crippen LogP contribution is -2.20. The lowest BCUT2D eigenvalue weighted by atomic mass is 9.96. The van der Waals surface area contributed by atoms with E-state index in [1.807, 2.05) is 63.2 Å². The van der Waals surface area contributed by atoms with Gasteiger partial charge in [-0.15, -0.1) is 0 Å². The molecule has 0 spiro atoms. The summed E-state index contributed by atoms with van der Waals surface area (Å²) in [6.07, 6.45) is 6.78. The number of fused-ring (bicyclic) bond motifs is 1. The zero-order chi connectivity index (χ0) is 24.1. The second kappa shape index (κ2) is 10.3. The molecule has 1 amide bonds. The highest BCUT2D eigenvalue weighted by Gasteiger charge is 2.19. The second-order valence-corrected chi connectivity index (χ2v) is 7.97. The normalized spacial score (nSPS) is 11.5. The number of nitrogens with zero attached hydrogens (tertiary/aromatic N) is 1. The third-order valence-corrected chi connectivity index (χ3v) is 5.70. The van der Waals surface area contributed by atoms with E-state index in [2.05, 4.69) is 10.3 Å². The third-order valence-electron chi connectivity index (χ3n) is 5.70. The molecule has 1 N–H and O–H groups in total. The molecule has 0 aliphatic heterocycles. The average Bonchev–Trinajstić information content (AvgIpc) is 3.29. The molecule has 6 heteroatoms. The van der Waals surface area contributed by atoms with Crippen molar-refractivity contribution in [1.82, 2.24) is 10.3 Å². The monoisotopic (exact) mass is 456 g/mol. The Morgan fingerprint density at radius 1 is 1.18 bits per heavy atom. The molecule has 6 nitrogen and oxygen atoms in total. The van der Waals surface area contributed by atoms with Crippen LogP contribution in [-0.4, -0.2) is 24.6 Å². The fraction of sp³-hybridized carbons (Fsp3) is 0.214. The van der Waals surface area contributed by atoms with Crippen molar-refractivity contribution in [3.8, 4) is 22.6 Å². The Hall–Kier alpha value is -4.06. The number of rotatable bonds is 8. The van der Waals surface area contributed by atoms with Crippen molar-refractivity contribution in [2.45, 2.75) is 27.3 Å². The first-order chi connectivity index (χ1) is 16.5. The van der Waals surface area contributed by atoms with Crippen LogP contribution in [0, 0.1) is 6.92 Å². The Kier molecular flexibility index (Phi) is 6.97.